The summed E-state index contributed by atoms with van der Waals surface area (Å²) in [6, 6.07) is 1.65. The fourth-order valence-corrected chi connectivity index (χ4v) is 1.04. The summed E-state index contributed by atoms with van der Waals surface area (Å²) in [5, 5.41) is 11.5. The first-order valence-corrected chi connectivity index (χ1v) is 4.77. The van der Waals surface area contributed by atoms with E-state index < -0.39 is 0 Å². The Morgan fingerprint density at radius 3 is 3.07 bits per heavy atom. The third kappa shape index (κ3) is 2.83. The standard InChI is InChI=1S/C10H15N3O2/c1-3-7(2)15-9-6-12-5-4-8(9)10(11)13-14/h4-7,14H,3H2,1-2H3,(H2,11,13). The van der Waals surface area contributed by atoms with Crippen molar-refractivity contribution in [3.8, 4) is 5.75 Å². The van der Waals surface area contributed by atoms with Gasteiger partial charge in [-0.2, -0.15) is 0 Å². The van der Waals surface area contributed by atoms with Crippen LogP contribution in [0.5, 0.6) is 5.75 Å². The molecule has 0 aliphatic carbocycles. The van der Waals surface area contributed by atoms with Crippen molar-refractivity contribution < 1.29 is 9.94 Å². The van der Waals surface area contributed by atoms with Crippen LogP contribution in [0.25, 0.3) is 0 Å². The Hall–Kier alpha value is -1.78. The lowest BCUT2D eigenvalue weighted by molar-refractivity contribution is 0.216. The highest BCUT2D eigenvalue weighted by Crippen LogP contribution is 2.18. The van der Waals surface area contributed by atoms with Crippen LogP contribution in [0.3, 0.4) is 0 Å². The normalized spacial score (nSPS) is 13.6. The molecule has 1 aromatic heterocycles. The van der Waals surface area contributed by atoms with Gasteiger partial charge in [-0.15, -0.1) is 0 Å². The summed E-state index contributed by atoms with van der Waals surface area (Å²) in [6.07, 6.45) is 4.07. The molecule has 1 aromatic rings. The van der Waals surface area contributed by atoms with Crippen LogP contribution in [0.15, 0.2) is 23.6 Å². The van der Waals surface area contributed by atoms with Crippen molar-refractivity contribution in [1.82, 2.24) is 4.98 Å². The smallest absolute Gasteiger partial charge is 0.173 e. The average molecular weight is 209 g/mol. The zero-order chi connectivity index (χ0) is 11.3. The molecule has 0 fully saturated rings. The summed E-state index contributed by atoms with van der Waals surface area (Å²) in [6.45, 7) is 3.97. The van der Waals surface area contributed by atoms with E-state index in [4.69, 9.17) is 15.7 Å². The van der Waals surface area contributed by atoms with Crippen LogP contribution >= 0.6 is 0 Å². The lowest BCUT2D eigenvalue weighted by Crippen LogP contribution is -2.18. The van der Waals surface area contributed by atoms with Crippen LogP contribution < -0.4 is 10.5 Å². The molecule has 1 heterocycles. The van der Waals surface area contributed by atoms with Gasteiger partial charge >= 0.3 is 0 Å². The molecule has 0 saturated heterocycles. The Balaban J connectivity index is 2.96. The number of amidine groups is 1. The number of hydrogen-bond acceptors (Lipinski definition) is 4. The van der Waals surface area contributed by atoms with Crippen LogP contribution in [-0.2, 0) is 0 Å². The van der Waals surface area contributed by atoms with Gasteiger partial charge in [0.2, 0.25) is 0 Å². The Morgan fingerprint density at radius 2 is 2.47 bits per heavy atom. The Bertz CT molecular complexity index is 352. The average Bonchev–Trinajstić information content (AvgIpc) is 2.28. The van der Waals surface area contributed by atoms with Gasteiger partial charge in [-0.05, 0) is 19.4 Å². The first-order valence-electron chi connectivity index (χ1n) is 4.77. The molecule has 1 atom stereocenters. The van der Waals surface area contributed by atoms with Crippen LogP contribution in [0, 0.1) is 0 Å². The zero-order valence-corrected chi connectivity index (χ0v) is 8.84. The summed E-state index contributed by atoms with van der Waals surface area (Å²) in [5.41, 5.74) is 6.05. The van der Waals surface area contributed by atoms with E-state index in [0.29, 0.717) is 11.3 Å². The van der Waals surface area contributed by atoms with Crippen LogP contribution in [0.2, 0.25) is 0 Å². The topological polar surface area (TPSA) is 80.7 Å². The van der Waals surface area contributed by atoms with Gasteiger partial charge in [0, 0.05) is 6.20 Å². The summed E-state index contributed by atoms with van der Waals surface area (Å²) in [5.74, 6) is 0.554. The predicted octanol–water partition coefficient (Wildman–Crippen LogP) is 1.35. The first-order chi connectivity index (χ1) is 7.19. The lowest BCUT2D eigenvalue weighted by Gasteiger charge is -2.14. The Kier molecular flexibility index (Phi) is 3.91. The van der Waals surface area contributed by atoms with E-state index in [1.54, 1.807) is 18.5 Å². The second kappa shape index (κ2) is 5.19. The van der Waals surface area contributed by atoms with Gasteiger partial charge in [-0.1, -0.05) is 12.1 Å². The van der Waals surface area contributed by atoms with Crippen molar-refractivity contribution in [2.24, 2.45) is 10.9 Å². The highest BCUT2D eigenvalue weighted by atomic mass is 16.5. The summed E-state index contributed by atoms with van der Waals surface area (Å²) in [4.78, 5) is 3.93. The second-order valence-corrected chi connectivity index (χ2v) is 3.19. The maximum Gasteiger partial charge on any atom is 0.173 e. The van der Waals surface area contributed by atoms with Gasteiger partial charge in [-0.3, -0.25) is 4.98 Å². The van der Waals surface area contributed by atoms with Gasteiger partial charge in [0.15, 0.2) is 5.84 Å². The Morgan fingerprint density at radius 1 is 1.73 bits per heavy atom. The van der Waals surface area contributed by atoms with E-state index in [-0.39, 0.29) is 11.9 Å². The largest absolute Gasteiger partial charge is 0.488 e. The number of ether oxygens (including phenoxy) is 1. The van der Waals surface area contributed by atoms with Crippen molar-refractivity contribution >= 4 is 5.84 Å². The molecule has 0 amide bonds. The molecular weight excluding hydrogens is 194 g/mol. The summed E-state index contributed by atoms with van der Waals surface area (Å²) in [7, 11) is 0. The maximum absolute atomic E-state index is 8.59. The highest BCUT2D eigenvalue weighted by molar-refractivity contribution is 5.99. The molecule has 0 spiro atoms. The van der Waals surface area contributed by atoms with Crippen LogP contribution in [-0.4, -0.2) is 22.1 Å². The van der Waals surface area contributed by atoms with Crippen LogP contribution in [0.1, 0.15) is 25.8 Å². The first kappa shape index (κ1) is 11.3. The molecule has 1 rings (SSSR count). The van der Waals surface area contributed by atoms with Gasteiger partial charge in [0.25, 0.3) is 0 Å². The quantitative estimate of drug-likeness (QED) is 0.339. The summed E-state index contributed by atoms with van der Waals surface area (Å²) >= 11 is 0. The minimum Gasteiger partial charge on any atom is -0.488 e. The predicted molar refractivity (Wildman–Crippen MR) is 57.1 cm³/mol. The number of pyridine rings is 1. The third-order valence-corrected chi connectivity index (χ3v) is 2.07. The summed E-state index contributed by atoms with van der Waals surface area (Å²) < 4.78 is 5.58. The van der Waals surface area contributed by atoms with Gasteiger partial charge in [0.05, 0.1) is 17.9 Å². The second-order valence-electron chi connectivity index (χ2n) is 3.19. The van der Waals surface area contributed by atoms with Crippen molar-refractivity contribution in [2.45, 2.75) is 26.4 Å². The van der Waals surface area contributed by atoms with E-state index in [2.05, 4.69) is 10.1 Å². The lowest BCUT2D eigenvalue weighted by atomic mass is 10.2. The molecule has 5 heteroatoms. The maximum atomic E-state index is 8.59. The van der Waals surface area contributed by atoms with Crippen molar-refractivity contribution in [1.29, 1.82) is 0 Å². The van der Waals surface area contributed by atoms with E-state index in [0.717, 1.165) is 6.42 Å². The SMILES string of the molecule is CCC(C)Oc1cnccc1/C(N)=N/O. The fourth-order valence-electron chi connectivity index (χ4n) is 1.04. The van der Waals surface area contributed by atoms with Crippen molar-refractivity contribution in [3.63, 3.8) is 0 Å². The Labute approximate surface area is 88.6 Å². The van der Waals surface area contributed by atoms with E-state index in [1.807, 2.05) is 13.8 Å². The van der Waals surface area contributed by atoms with E-state index in [1.165, 1.54) is 0 Å². The third-order valence-electron chi connectivity index (χ3n) is 2.07. The highest BCUT2D eigenvalue weighted by Gasteiger charge is 2.10. The van der Waals surface area contributed by atoms with Crippen molar-refractivity contribution in [3.05, 3.63) is 24.0 Å². The number of nitrogens with two attached hydrogens (primary N) is 1. The molecule has 0 aliphatic rings. The van der Waals surface area contributed by atoms with Gasteiger partial charge < -0.3 is 15.7 Å². The molecule has 0 aromatic carbocycles. The number of rotatable bonds is 4. The molecule has 0 radical (unpaired) electrons. The molecule has 3 N–H and O–H groups in total. The molecular formula is C10H15N3O2. The fraction of sp³-hybridized carbons (Fsp3) is 0.400. The van der Waals surface area contributed by atoms with E-state index in [9.17, 15) is 0 Å². The van der Waals surface area contributed by atoms with Crippen LogP contribution in [0.4, 0.5) is 0 Å². The molecule has 0 bridgehead atoms. The van der Waals surface area contributed by atoms with E-state index >= 15 is 0 Å². The number of oxime groups is 1. The minimum absolute atomic E-state index is 0.0238. The molecule has 5 nitrogen and oxygen atoms in total. The number of aromatic nitrogens is 1. The monoisotopic (exact) mass is 209 g/mol. The number of nitrogens with zero attached hydrogens (tertiary/aromatic N) is 2. The number of hydrogen-bond donors (Lipinski definition) is 2. The van der Waals surface area contributed by atoms with Crippen molar-refractivity contribution in [2.75, 3.05) is 0 Å². The molecule has 0 saturated carbocycles. The van der Waals surface area contributed by atoms with Gasteiger partial charge in [0.1, 0.15) is 5.75 Å². The molecule has 1 unspecified atom stereocenters. The molecule has 15 heavy (non-hydrogen) atoms. The molecule has 0 aliphatic heterocycles. The van der Waals surface area contributed by atoms with Gasteiger partial charge in [-0.25, -0.2) is 0 Å². The zero-order valence-electron chi connectivity index (χ0n) is 8.84. The minimum atomic E-state index is 0.0238. The molecule has 82 valence electrons.